The van der Waals surface area contributed by atoms with Crippen molar-refractivity contribution in [1.29, 1.82) is 0 Å². The van der Waals surface area contributed by atoms with Crippen molar-refractivity contribution in [1.82, 2.24) is 5.32 Å². The molecule has 1 fully saturated rings. The summed E-state index contributed by atoms with van der Waals surface area (Å²) < 4.78 is 0.297. The van der Waals surface area contributed by atoms with Gasteiger partial charge in [-0.2, -0.15) is 11.8 Å². The van der Waals surface area contributed by atoms with Crippen LogP contribution in [0.4, 0.5) is 0 Å². The van der Waals surface area contributed by atoms with E-state index >= 15 is 0 Å². The van der Waals surface area contributed by atoms with Gasteiger partial charge in [-0.3, -0.25) is 4.99 Å². The fraction of sp³-hybridized carbons (Fsp3) is 0.923. The number of nitrogens with one attached hydrogen (secondary N) is 1. The van der Waals surface area contributed by atoms with Gasteiger partial charge in [0, 0.05) is 23.6 Å². The maximum Gasteiger partial charge on any atom is 0.156 e. The average molecular weight is 272 g/mol. The molecule has 17 heavy (non-hydrogen) atoms. The maximum atomic E-state index is 4.76. The Balaban J connectivity index is 1.82. The highest BCUT2D eigenvalue weighted by molar-refractivity contribution is 8.13. The Morgan fingerprint density at radius 3 is 2.65 bits per heavy atom. The standard InChI is InChI=1S/C13H24N2S2/c1-12(2,16-3)8-14-11-15-9-13(10-17-11)6-4-5-7-13/h4-10H2,1-3H3,(H,14,15). The van der Waals surface area contributed by atoms with Crippen LogP contribution in [0.2, 0.25) is 0 Å². The van der Waals surface area contributed by atoms with Gasteiger partial charge in [0.25, 0.3) is 0 Å². The summed E-state index contributed by atoms with van der Waals surface area (Å²) in [6, 6.07) is 0. The number of amidine groups is 1. The van der Waals surface area contributed by atoms with E-state index in [0.717, 1.165) is 13.1 Å². The molecule has 0 radical (unpaired) electrons. The topological polar surface area (TPSA) is 24.4 Å². The summed E-state index contributed by atoms with van der Waals surface area (Å²) in [7, 11) is 0. The molecule has 1 aliphatic heterocycles. The quantitative estimate of drug-likeness (QED) is 0.852. The van der Waals surface area contributed by atoms with Gasteiger partial charge < -0.3 is 5.32 Å². The fourth-order valence-electron chi connectivity index (χ4n) is 2.45. The zero-order valence-corrected chi connectivity index (χ0v) is 12.8. The Morgan fingerprint density at radius 1 is 1.41 bits per heavy atom. The van der Waals surface area contributed by atoms with Crippen LogP contribution < -0.4 is 5.32 Å². The molecule has 2 rings (SSSR count). The van der Waals surface area contributed by atoms with Crippen LogP contribution in [0, 0.1) is 5.41 Å². The molecule has 0 unspecified atom stereocenters. The molecular formula is C13H24N2S2. The summed E-state index contributed by atoms with van der Waals surface area (Å²) in [6.45, 7) is 6.61. The first-order chi connectivity index (χ1) is 8.05. The van der Waals surface area contributed by atoms with Crippen molar-refractivity contribution in [3.8, 4) is 0 Å². The molecule has 1 aliphatic carbocycles. The van der Waals surface area contributed by atoms with E-state index in [0.29, 0.717) is 10.2 Å². The van der Waals surface area contributed by atoms with Crippen molar-refractivity contribution >= 4 is 28.7 Å². The van der Waals surface area contributed by atoms with Gasteiger partial charge in [-0.05, 0) is 38.4 Å². The fourth-order valence-corrected chi connectivity index (χ4v) is 3.82. The van der Waals surface area contributed by atoms with E-state index in [1.807, 2.05) is 23.5 Å². The van der Waals surface area contributed by atoms with Crippen molar-refractivity contribution in [2.24, 2.45) is 10.4 Å². The van der Waals surface area contributed by atoms with Crippen LogP contribution in [-0.2, 0) is 0 Å². The number of hydrogen-bond donors (Lipinski definition) is 1. The van der Waals surface area contributed by atoms with E-state index in [4.69, 9.17) is 4.99 Å². The third-order valence-corrected chi connectivity index (χ3v) is 6.51. The normalized spacial score (nSPS) is 23.8. The second-order valence-electron chi connectivity index (χ2n) is 5.93. The van der Waals surface area contributed by atoms with Crippen LogP contribution >= 0.6 is 23.5 Å². The molecular weight excluding hydrogens is 248 g/mol. The second kappa shape index (κ2) is 5.43. The Labute approximate surface area is 114 Å². The van der Waals surface area contributed by atoms with E-state index in [-0.39, 0.29) is 0 Å². The average Bonchev–Trinajstić information content (AvgIpc) is 2.77. The lowest BCUT2D eigenvalue weighted by atomic mass is 9.89. The molecule has 4 heteroatoms. The molecule has 0 saturated heterocycles. The molecule has 1 spiro atoms. The molecule has 0 atom stereocenters. The predicted octanol–water partition coefficient (Wildman–Crippen LogP) is 3.38. The summed E-state index contributed by atoms with van der Waals surface area (Å²) in [4.78, 5) is 4.76. The van der Waals surface area contributed by atoms with Crippen LogP contribution in [-0.4, -0.2) is 35.0 Å². The molecule has 1 heterocycles. The SMILES string of the molecule is CSC(C)(C)CNC1=NCC2(CCCC2)CS1. The third kappa shape index (κ3) is 3.57. The third-order valence-electron chi connectivity index (χ3n) is 3.96. The summed E-state index contributed by atoms with van der Waals surface area (Å²) in [6.07, 6.45) is 7.79. The molecule has 2 aliphatic rings. The Bertz CT molecular complexity index is 294. The van der Waals surface area contributed by atoms with Crippen molar-refractivity contribution in [3.63, 3.8) is 0 Å². The minimum absolute atomic E-state index is 0.297. The minimum Gasteiger partial charge on any atom is -0.364 e. The van der Waals surface area contributed by atoms with Crippen LogP contribution in [0.15, 0.2) is 4.99 Å². The zero-order valence-electron chi connectivity index (χ0n) is 11.2. The number of aliphatic imine (C=N–C) groups is 1. The largest absolute Gasteiger partial charge is 0.364 e. The first-order valence-corrected chi connectivity index (χ1v) is 8.73. The Hall–Kier alpha value is 0.170. The van der Waals surface area contributed by atoms with Crippen LogP contribution in [0.3, 0.4) is 0 Å². The summed E-state index contributed by atoms with van der Waals surface area (Å²) in [5.74, 6) is 1.28. The van der Waals surface area contributed by atoms with E-state index in [9.17, 15) is 0 Å². The van der Waals surface area contributed by atoms with Gasteiger partial charge in [-0.15, -0.1) is 0 Å². The summed E-state index contributed by atoms with van der Waals surface area (Å²) >= 11 is 3.85. The monoisotopic (exact) mass is 272 g/mol. The molecule has 0 bridgehead atoms. The van der Waals surface area contributed by atoms with Gasteiger partial charge in [0.15, 0.2) is 5.17 Å². The highest BCUT2D eigenvalue weighted by Crippen LogP contribution is 2.43. The maximum absolute atomic E-state index is 4.76. The van der Waals surface area contributed by atoms with E-state index in [1.54, 1.807) is 0 Å². The van der Waals surface area contributed by atoms with Gasteiger partial charge in [0.2, 0.25) is 0 Å². The first-order valence-electron chi connectivity index (χ1n) is 6.52. The van der Waals surface area contributed by atoms with E-state index < -0.39 is 0 Å². The molecule has 1 saturated carbocycles. The van der Waals surface area contributed by atoms with Gasteiger partial charge in [-0.25, -0.2) is 0 Å². The summed E-state index contributed by atoms with van der Waals surface area (Å²) in [5.41, 5.74) is 0.560. The molecule has 98 valence electrons. The Morgan fingerprint density at radius 2 is 2.12 bits per heavy atom. The number of rotatable bonds is 3. The van der Waals surface area contributed by atoms with Gasteiger partial charge in [-0.1, -0.05) is 24.6 Å². The number of thioether (sulfide) groups is 2. The first kappa shape index (κ1) is 13.6. The predicted molar refractivity (Wildman–Crippen MR) is 81.3 cm³/mol. The minimum atomic E-state index is 0.297. The highest BCUT2D eigenvalue weighted by atomic mass is 32.2. The van der Waals surface area contributed by atoms with Gasteiger partial charge >= 0.3 is 0 Å². The van der Waals surface area contributed by atoms with Gasteiger partial charge in [0.05, 0.1) is 0 Å². The molecule has 0 aromatic heterocycles. The Kier molecular flexibility index (Phi) is 4.35. The molecule has 0 aromatic rings. The lowest BCUT2D eigenvalue weighted by molar-refractivity contribution is 0.358. The number of hydrogen-bond acceptors (Lipinski definition) is 4. The number of nitrogens with zero attached hydrogens (tertiary/aromatic N) is 1. The molecule has 2 nitrogen and oxygen atoms in total. The zero-order chi connectivity index (χ0) is 12.4. The molecule has 0 amide bonds. The lowest BCUT2D eigenvalue weighted by Gasteiger charge is -2.32. The van der Waals surface area contributed by atoms with E-state index in [1.165, 1.54) is 36.6 Å². The van der Waals surface area contributed by atoms with Crippen molar-refractivity contribution in [2.45, 2.75) is 44.3 Å². The lowest BCUT2D eigenvalue weighted by Crippen LogP contribution is -2.38. The van der Waals surface area contributed by atoms with E-state index in [2.05, 4.69) is 25.4 Å². The van der Waals surface area contributed by atoms with Gasteiger partial charge in [0.1, 0.15) is 0 Å². The smallest absolute Gasteiger partial charge is 0.156 e. The van der Waals surface area contributed by atoms with Crippen LogP contribution in [0.5, 0.6) is 0 Å². The molecule has 1 N–H and O–H groups in total. The van der Waals surface area contributed by atoms with Crippen LogP contribution in [0.1, 0.15) is 39.5 Å². The summed E-state index contributed by atoms with van der Waals surface area (Å²) in [5, 5.41) is 4.68. The van der Waals surface area contributed by atoms with Crippen LogP contribution in [0.25, 0.3) is 0 Å². The highest BCUT2D eigenvalue weighted by Gasteiger charge is 2.36. The van der Waals surface area contributed by atoms with Crippen molar-refractivity contribution < 1.29 is 0 Å². The second-order valence-corrected chi connectivity index (χ2v) is 8.41. The van der Waals surface area contributed by atoms with Crippen molar-refractivity contribution in [2.75, 3.05) is 25.1 Å². The van der Waals surface area contributed by atoms with Crippen molar-refractivity contribution in [3.05, 3.63) is 0 Å². The molecule has 0 aromatic carbocycles.